The predicted octanol–water partition coefficient (Wildman–Crippen LogP) is 4.91. The summed E-state index contributed by atoms with van der Waals surface area (Å²) >= 11 is 2.26. The zero-order valence-electron chi connectivity index (χ0n) is 12.0. The van der Waals surface area contributed by atoms with Gasteiger partial charge in [-0.15, -0.1) is 0 Å². The molecule has 0 aliphatic carbocycles. The van der Waals surface area contributed by atoms with Crippen LogP contribution in [0, 0.1) is 3.57 Å². The summed E-state index contributed by atoms with van der Waals surface area (Å²) < 4.78 is 26.9. The number of fused-ring (bicyclic) bond motifs is 2. The van der Waals surface area contributed by atoms with E-state index in [1.54, 1.807) is 24.3 Å². The molecule has 3 aromatic carbocycles. The maximum Gasteiger partial charge on any atom is 0.210 e. The summed E-state index contributed by atoms with van der Waals surface area (Å²) in [7, 11) is -3.49. The van der Waals surface area contributed by atoms with E-state index in [0.717, 1.165) is 9.26 Å². The summed E-state index contributed by atoms with van der Waals surface area (Å²) in [5.41, 5.74) is 2.32. The lowest BCUT2D eigenvalue weighted by molar-refractivity contribution is 0.595. The first-order valence-corrected chi connectivity index (χ1v) is 9.64. The third kappa shape index (κ3) is 2.26. The average molecular weight is 433 g/mol. The van der Waals surface area contributed by atoms with Gasteiger partial charge < -0.3 is 4.90 Å². The summed E-state index contributed by atoms with van der Waals surface area (Å²) in [6, 6.07) is 22.3. The number of sulfone groups is 1. The highest BCUT2D eigenvalue weighted by atomic mass is 127. The van der Waals surface area contributed by atoms with Gasteiger partial charge in [-0.25, -0.2) is 8.42 Å². The second kappa shape index (κ2) is 5.35. The van der Waals surface area contributed by atoms with Gasteiger partial charge in [-0.1, -0.05) is 24.3 Å². The molecular formula is C18H12INO2S. The van der Waals surface area contributed by atoms with Crippen LogP contribution in [0.1, 0.15) is 0 Å². The van der Waals surface area contributed by atoms with Crippen LogP contribution in [0.4, 0.5) is 17.1 Å². The van der Waals surface area contributed by atoms with Crippen LogP contribution < -0.4 is 4.90 Å². The summed E-state index contributed by atoms with van der Waals surface area (Å²) in [4.78, 5) is 2.69. The van der Waals surface area contributed by atoms with E-state index in [4.69, 9.17) is 0 Å². The van der Waals surface area contributed by atoms with Crippen LogP contribution in [0.5, 0.6) is 0 Å². The zero-order valence-corrected chi connectivity index (χ0v) is 15.0. The summed E-state index contributed by atoms with van der Waals surface area (Å²) in [6.07, 6.45) is 0. The fourth-order valence-electron chi connectivity index (χ4n) is 2.85. The van der Waals surface area contributed by atoms with Crippen molar-refractivity contribution < 1.29 is 8.42 Å². The average Bonchev–Trinajstić information content (AvgIpc) is 2.57. The third-order valence-corrected chi connectivity index (χ3v) is 6.44. The number of hydrogen-bond acceptors (Lipinski definition) is 3. The van der Waals surface area contributed by atoms with E-state index in [1.807, 2.05) is 53.4 Å². The Hall–Kier alpha value is -1.86. The smallest absolute Gasteiger partial charge is 0.210 e. The second-order valence-electron chi connectivity index (χ2n) is 5.25. The molecule has 1 aliphatic heterocycles. The summed E-state index contributed by atoms with van der Waals surface area (Å²) in [5.74, 6) is 0. The van der Waals surface area contributed by atoms with Crippen molar-refractivity contribution >= 4 is 49.5 Å². The Morgan fingerprint density at radius 1 is 0.696 bits per heavy atom. The molecule has 0 atom stereocenters. The van der Waals surface area contributed by atoms with Gasteiger partial charge in [0, 0.05) is 9.26 Å². The van der Waals surface area contributed by atoms with Gasteiger partial charge in [0.15, 0.2) is 0 Å². The quantitative estimate of drug-likeness (QED) is 0.401. The van der Waals surface area contributed by atoms with E-state index in [9.17, 15) is 8.42 Å². The lowest BCUT2D eigenvalue weighted by Crippen LogP contribution is -2.21. The molecule has 1 aliphatic rings. The Morgan fingerprint density at radius 3 is 1.70 bits per heavy atom. The SMILES string of the molecule is O=S1(=O)c2ccccc2N(c2ccc(I)cc2)c2ccccc21. The molecule has 0 radical (unpaired) electrons. The molecule has 3 nitrogen and oxygen atoms in total. The number of nitrogens with zero attached hydrogens (tertiary/aromatic N) is 1. The first-order valence-electron chi connectivity index (χ1n) is 7.08. The fraction of sp³-hybridized carbons (Fsp3) is 0. The number of benzene rings is 3. The number of hydrogen-bond donors (Lipinski definition) is 0. The van der Waals surface area contributed by atoms with Crippen molar-refractivity contribution in [2.24, 2.45) is 0 Å². The van der Waals surface area contributed by atoms with Gasteiger partial charge in [-0.3, -0.25) is 0 Å². The largest absolute Gasteiger partial charge is 0.308 e. The molecule has 0 saturated carbocycles. The summed E-state index contributed by atoms with van der Waals surface area (Å²) in [6.45, 7) is 0. The second-order valence-corrected chi connectivity index (χ2v) is 8.38. The molecule has 0 unspecified atom stereocenters. The molecule has 0 saturated heterocycles. The molecule has 114 valence electrons. The van der Waals surface area contributed by atoms with Gasteiger partial charge >= 0.3 is 0 Å². The minimum Gasteiger partial charge on any atom is -0.308 e. The van der Waals surface area contributed by atoms with Crippen molar-refractivity contribution in [1.82, 2.24) is 0 Å². The van der Waals surface area contributed by atoms with Crippen LogP contribution in [-0.4, -0.2) is 8.42 Å². The van der Waals surface area contributed by atoms with Crippen molar-refractivity contribution in [3.05, 3.63) is 76.4 Å². The minimum absolute atomic E-state index is 0.345. The Bertz CT molecular complexity index is 944. The lowest BCUT2D eigenvalue weighted by atomic mass is 10.2. The lowest BCUT2D eigenvalue weighted by Gasteiger charge is -2.32. The van der Waals surface area contributed by atoms with Crippen molar-refractivity contribution in [3.63, 3.8) is 0 Å². The molecular weight excluding hydrogens is 421 g/mol. The number of anilines is 3. The van der Waals surface area contributed by atoms with Crippen LogP contribution in [0.3, 0.4) is 0 Å². The Balaban J connectivity index is 2.06. The van der Waals surface area contributed by atoms with E-state index < -0.39 is 9.84 Å². The number of halogens is 1. The molecule has 3 aromatic rings. The van der Waals surface area contributed by atoms with Crippen molar-refractivity contribution in [2.75, 3.05) is 4.90 Å². The minimum atomic E-state index is -3.49. The molecule has 23 heavy (non-hydrogen) atoms. The monoisotopic (exact) mass is 433 g/mol. The Labute approximate surface area is 148 Å². The molecule has 5 heteroatoms. The van der Waals surface area contributed by atoms with E-state index in [2.05, 4.69) is 22.6 Å². The predicted molar refractivity (Wildman–Crippen MR) is 99.3 cm³/mol. The van der Waals surface area contributed by atoms with Crippen molar-refractivity contribution in [2.45, 2.75) is 9.79 Å². The molecule has 0 N–H and O–H groups in total. The normalized spacial score (nSPS) is 14.9. The molecule has 0 bridgehead atoms. The number of rotatable bonds is 1. The van der Waals surface area contributed by atoms with Crippen LogP contribution in [0.25, 0.3) is 0 Å². The van der Waals surface area contributed by atoms with Crippen LogP contribution in [0.15, 0.2) is 82.6 Å². The van der Waals surface area contributed by atoms with Gasteiger partial charge in [0.25, 0.3) is 0 Å². The molecule has 4 rings (SSSR count). The van der Waals surface area contributed by atoms with Gasteiger partial charge in [-0.2, -0.15) is 0 Å². The maximum atomic E-state index is 12.9. The van der Waals surface area contributed by atoms with Crippen LogP contribution in [0.2, 0.25) is 0 Å². The molecule has 1 heterocycles. The van der Waals surface area contributed by atoms with E-state index >= 15 is 0 Å². The van der Waals surface area contributed by atoms with Crippen LogP contribution in [-0.2, 0) is 9.84 Å². The van der Waals surface area contributed by atoms with Crippen molar-refractivity contribution in [3.8, 4) is 0 Å². The highest BCUT2D eigenvalue weighted by Crippen LogP contribution is 2.47. The molecule has 0 fully saturated rings. The summed E-state index contributed by atoms with van der Waals surface area (Å²) in [5, 5.41) is 0. The first-order chi connectivity index (χ1) is 11.1. The van der Waals surface area contributed by atoms with Gasteiger partial charge in [-0.05, 0) is 71.1 Å². The Kier molecular flexibility index (Phi) is 3.42. The highest BCUT2D eigenvalue weighted by Gasteiger charge is 2.34. The standard InChI is InChI=1S/C18H12INO2S/c19-13-9-11-14(12-10-13)20-15-5-1-3-7-17(15)23(21,22)18-8-4-2-6-16(18)20/h1-12H. The van der Waals surface area contributed by atoms with E-state index in [1.165, 1.54) is 0 Å². The number of para-hydroxylation sites is 2. The zero-order chi connectivity index (χ0) is 16.0. The topological polar surface area (TPSA) is 37.4 Å². The van der Waals surface area contributed by atoms with Gasteiger partial charge in [0.1, 0.15) is 0 Å². The maximum absolute atomic E-state index is 12.9. The molecule has 0 amide bonds. The highest BCUT2D eigenvalue weighted by molar-refractivity contribution is 14.1. The van der Waals surface area contributed by atoms with E-state index in [0.29, 0.717) is 21.2 Å². The molecule has 0 spiro atoms. The third-order valence-electron chi connectivity index (χ3n) is 3.88. The first kappa shape index (κ1) is 14.7. The van der Waals surface area contributed by atoms with Gasteiger partial charge in [0.2, 0.25) is 9.84 Å². The Morgan fingerprint density at radius 2 is 1.17 bits per heavy atom. The molecule has 0 aromatic heterocycles. The fourth-order valence-corrected chi connectivity index (χ4v) is 4.84. The van der Waals surface area contributed by atoms with E-state index in [-0.39, 0.29) is 0 Å². The van der Waals surface area contributed by atoms with Crippen molar-refractivity contribution in [1.29, 1.82) is 0 Å². The van der Waals surface area contributed by atoms with Crippen LogP contribution >= 0.6 is 22.6 Å². The van der Waals surface area contributed by atoms with Gasteiger partial charge in [0.05, 0.1) is 21.2 Å².